The van der Waals surface area contributed by atoms with Crippen LogP contribution >= 0.6 is 0 Å². The quantitative estimate of drug-likeness (QED) is 0.845. The van der Waals surface area contributed by atoms with E-state index < -0.39 is 0 Å². The summed E-state index contributed by atoms with van der Waals surface area (Å²) in [6, 6.07) is 5.30. The number of para-hydroxylation sites is 1. The van der Waals surface area contributed by atoms with Crippen LogP contribution in [0.25, 0.3) is 0 Å². The molecule has 0 bridgehead atoms. The summed E-state index contributed by atoms with van der Waals surface area (Å²) < 4.78 is 28.1. The molecular weight excluding hydrogens is 213 g/mol. The maximum atomic E-state index is 12.3. The largest absolute Gasteiger partial charge is 0.485 e. The molecule has 0 saturated heterocycles. The first kappa shape index (κ1) is 10.8. The van der Waals surface area contributed by atoms with Crippen LogP contribution in [0.1, 0.15) is 0 Å². The van der Waals surface area contributed by atoms with Crippen LogP contribution in [0, 0.1) is 0 Å². The van der Waals surface area contributed by atoms with E-state index in [9.17, 15) is 4.39 Å². The number of ether oxygens (including phenoxy) is 3. The van der Waals surface area contributed by atoms with Gasteiger partial charge < -0.3 is 19.9 Å². The molecule has 5 heteroatoms. The van der Waals surface area contributed by atoms with E-state index >= 15 is 0 Å². The second kappa shape index (κ2) is 4.85. The van der Waals surface area contributed by atoms with Crippen molar-refractivity contribution in [3.63, 3.8) is 0 Å². The topological polar surface area (TPSA) is 53.7 Å². The highest BCUT2D eigenvalue weighted by molar-refractivity contribution is 5.52. The molecule has 4 nitrogen and oxygen atoms in total. The lowest BCUT2D eigenvalue weighted by molar-refractivity contribution is 0.170. The molecule has 2 rings (SSSR count). The van der Waals surface area contributed by atoms with E-state index in [2.05, 4.69) is 0 Å². The first-order valence-electron chi connectivity index (χ1n) is 4.84. The molecule has 0 amide bonds. The molecule has 16 heavy (non-hydrogen) atoms. The Labute approximate surface area is 92.4 Å². The Morgan fingerprint density at radius 3 is 3.12 bits per heavy atom. The maximum Gasteiger partial charge on any atom is 0.231 e. The van der Waals surface area contributed by atoms with Crippen molar-refractivity contribution in [2.75, 3.05) is 19.9 Å². The molecule has 2 N–H and O–H groups in total. The SMILES string of the molecule is NC/C(=C/F)COc1cccc2c1OCO2. The van der Waals surface area contributed by atoms with Gasteiger partial charge in [-0.05, 0) is 12.1 Å². The van der Waals surface area contributed by atoms with Crippen molar-refractivity contribution >= 4 is 0 Å². The van der Waals surface area contributed by atoms with Gasteiger partial charge in [-0.2, -0.15) is 0 Å². The number of nitrogens with two attached hydrogens (primary N) is 1. The van der Waals surface area contributed by atoms with Crippen molar-refractivity contribution in [1.82, 2.24) is 0 Å². The van der Waals surface area contributed by atoms with Gasteiger partial charge in [0.05, 0.1) is 6.33 Å². The maximum absolute atomic E-state index is 12.3. The fourth-order valence-electron chi connectivity index (χ4n) is 1.32. The molecule has 0 aromatic heterocycles. The number of benzene rings is 1. The molecule has 1 aliphatic heterocycles. The van der Waals surface area contributed by atoms with Crippen molar-refractivity contribution in [1.29, 1.82) is 0 Å². The van der Waals surface area contributed by atoms with E-state index in [0.717, 1.165) is 0 Å². The second-order valence-corrected chi connectivity index (χ2v) is 3.25. The van der Waals surface area contributed by atoms with Crippen LogP contribution in [0.3, 0.4) is 0 Å². The highest BCUT2D eigenvalue weighted by atomic mass is 19.1. The summed E-state index contributed by atoms with van der Waals surface area (Å²) in [4.78, 5) is 0. The van der Waals surface area contributed by atoms with E-state index in [1.54, 1.807) is 18.2 Å². The van der Waals surface area contributed by atoms with E-state index in [0.29, 0.717) is 29.2 Å². The van der Waals surface area contributed by atoms with Gasteiger partial charge in [-0.1, -0.05) is 6.07 Å². The van der Waals surface area contributed by atoms with Crippen molar-refractivity contribution in [2.45, 2.75) is 0 Å². The molecule has 0 saturated carbocycles. The molecule has 1 heterocycles. The lowest BCUT2D eigenvalue weighted by Crippen LogP contribution is -2.10. The van der Waals surface area contributed by atoms with Crippen LogP contribution in [-0.2, 0) is 0 Å². The lowest BCUT2D eigenvalue weighted by atomic mass is 10.3. The van der Waals surface area contributed by atoms with Crippen molar-refractivity contribution in [3.05, 3.63) is 30.1 Å². The minimum absolute atomic E-state index is 0.104. The van der Waals surface area contributed by atoms with E-state index in [1.165, 1.54) is 0 Å². The summed E-state index contributed by atoms with van der Waals surface area (Å²) in [5.41, 5.74) is 5.70. The number of halogens is 1. The molecular formula is C11H12FNO3. The smallest absolute Gasteiger partial charge is 0.231 e. The standard InChI is InChI=1S/C11H12FNO3/c12-4-8(5-13)6-14-9-2-1-3-10-11(9)16-7-15-10/h1-4H,5-7,13H2/b8-4-. The molecule has 0 spiro atoms. The fraction of sp³-hybridized carbons (Fsp3) is 0.273. The molecule has 0 radical (unpaired) electrons. The molecule has 1 aromatic rings. The molecule has 0 aliphatic carbocycles. The monoisotopic (exact) mass is 225 g/mol. The average Bonchev–Trinajstić information content (AvgIpc) is 2.79. The third-order valence-corrected chi connectivity index (χ3v) is 2.19. The van der Waals surface area contributed by atoms with Gasteiger partial charge in [0, 0.05) is 12.1 Å². The van der Waals surface area contributed by atoms with Crippen LogP contribution in [0.4, 0.5) is 4.39 Å². The van der Waals surface area contributed by atoms with Gasteiger partial charge in [0.2, 0.25) is 12.5 Å². The van der Waals surface area contributed by atoms with E-state index in [4.69, 9.17) is 19.9 Å². The fourth-order valence-corrected chi connectivity index (χ4v) is 1.32. The molecule has 1 aromatic carbocycles. The third kappa shape index (κ3) is 2.09. The zero-order valence-corrected chi connectivity index (χ0v) is 8.61. The summed E-state index contributed by atoms with van der Waals surface area (Å²) >= 11 is 0. The Balaban J connectivity index is 2.08. The van der Waals surface area contributed by atoms with Crippen LogP contribution < -0.4 is 19.9 Å². The number of rotatable bonds is 4. The lowest BCUT2D eigenvalue weighted by Gasteiger charge is -2.09. The highest BCUT2D eigenvalue weighted by Crippen LogP contribution is 2.40. The zero-order chi connectivity index (χ0) is 11.4. The van der Waals surface area contributed by atoms with E-state index in [-0.39, 0.29) is 19.9 Å². The summed E-state index contributed by atoms with van der Waals surface area (Å²) in [6.07, 6.45) is 0.459. The van der Waals surface area contributed by atoms with Gasteiger partial charge in [0.15, 0.2) is 11.5 Å². The van der Waals surface area contributed by atoms with Crippen LogP contribution in [0.2, 0.25) is 0 Å². The Bertz CT molecular complexity index is 406. The summed E-state index contributed by atoms with van der Waals surface area (Å²) in [6.45, 7) is 0.411. The Kier molecular flexibility index (Phi) is 3.26. The first-order valence-corrected chi connectivity index (χ1v) is 4.84. The van der Waals surface area contributed by atoms with Gasteiger partial charge in [-0.15, -0.1) is 0 Å². The van der Waals surface area contributed by atoms with Gasteiger partial charge in [0.25, 0.3) is 0 Å². The number of hydrogen-bond acceptors (Lipinski definition) is 4. The predicted molar refractivity (Wildman–Crippen MR) is 56.3 cm³/mol. The van der Waals surface area contributed by atoms with Crippen LogP contribution in [0.15, 0.2) is 30.1 Å². The van der Waals surface area contributed by atoms with E-state index in [1.807, 2.05) is 0 Å². The van der Waals surface area contributed by atoms with Gasteiger partial charge in [0.1, 0.15) is 6.61 Å². The Morgan fingerprint density at radius 2 is 2.38 bits per heavy atom. The van der Waals surface area contributed by atoms with Crippen molar-refractivity contribution < 1.29 is 18.6 Å². The molecule has 1 aliphatic rings. The average molecular weight is 225 g/mol. The molecule has 0 fully saturated rings. The van der Waals surface area contributed by atoms with Gasteiger partial charge in [-0.25, -0.2) is 4.39 Å². The molecule has 86 valence electrons. The molecule has 0 unspecified atom stereocenters. The zero-order valence-electron chi connectivity index (χ0n) is 8.61. The predicted octanol–water partition coefficient (Wildman–Crippen LogP) is 1.61. The Morgan fingerprint density at radius 1 is 1.50 bits per heavy atom. The second-order valence-electron chi connectivity index (χ2n) is 3.25. The minimum Gasteiger partial charge on any atom is -0.485 e. The number of fused-ring (bicyclic) bond motifs is 1. The summed E-state index contributed by atoms with van der Waals surface area (Å²) in [5.74, 6) is 1.72. The van der Waals surface area contributed by atoms with Gasteiger partial charge >= 0.3 is 0 Å². The molecule has 0 atom stereocenters. The Hall–Kier alpha value is -1.75. The highest BCUT2D eigenvalue weighted by Gasteiger charge is 2.18. The summed E-state index contributed by atoms with van der Waals surface area (Å²) in [5, 5.41) is 0. The van der Waals surface area contributed by atoms with Crippen molar-refractivity contribution in [3.8, 4) is 17.2 Å². The van der Waals surface area contributed by atoms with Crippen molar-refractivity contribution in [2.24, 2.45) is 5.73 Å². The third-order valence-electron chi connectivity index (χ3n) is 2.19. The normalized spacial score (nSPS) is 14.0. The number of hydrogen-bond donors (Lipinski definition) is 1. The van der Waals surface area contributed by atoms with Crippen LogP contribution in [0.5, 0.6) is 17.2 Å². The minimum atomic E-state index is 0.104. The first-order chi connectivity index (χ1) is 7.85. The van der Waals surface area contributed by atoms with Crippen LogP contribution in [-0.4, -0.2) is 19.9 Å². The summed E-state index contributed by atoms with van der Waals surface area (Å²) in [7, 11) is 0. The van der Waals surface area contributed by atoms with Gasteiger partial charge in [-0.3, -0.25) is 0 Å².